The van der Waals surface area contributed by atoms with E-state index in [0.717, 1.165) is 31.9 Å². The van der Waals surface area contributed by atoms with Crippen LogP contribution in [0.25, 0.3) is 0 Å². The summed E-state index contributed by atoms with van der Waals surface area (Å²) < 4.78 is 5.54. The minimum atomic E-state index is 0.330. The summed E-state index contributed by atoms with van der Waals surface area (Å²) in [5.74, 6) is 1.05. The molecule has 1 aromatic carbocycles. The number of likely N-dealkylation sites (N-methyl/N-ethyl adjacent to an activating group) is 1. The molecule has 0 radical (unpaired) electrons. The minimum absolute atomic E-state index is 0.330. The first-order valence-corrected chi connectivity index (χ1v) is 6.49. The predicted molar refractivity (Wildman–Crippen MR) is 70.4 cm³/mol. The maximum atomic E-state index is 5.93. The van der Waals surface area contributed by atoms with E-state index in [9.17, 15) is 0 Å². The molecule has 1 aliphatic heterocycles. The van der Waals surface area contributed by atoms with Gasteiger partial charge in [0.15, 0.2) is 0 Å². The Morgan fingerprint density at radius 1 is 1.35 bits per heavy atom. The fourth-order valence-corrected chi connectivity index (χ4v) is 2.57. The highest BCUT2D eigenvalue weighted by Gasteiger charge is 2.19. The second kappa shape index (κ2) is 5.52. The normalized spacial score (nSPS) is 15.8. The van der Waals surface area contributed by atoms with Gasteiger partial charge < -0.3 is 10.5 Å². The van der Waals surface area contributed by atoms with Gasteiger partial charge in [-0.3, -0.25) is 4.90 Å². The number of fused-ring (bicyclic) bond motifs is 1. The molecular weight excluding hydrogens is 212 g/mol. The van der Waals surface area contributed by atoms with Crippen molar-refractivity contribution in [3.63, 3.8) is 0 Å². The van der Waals surface area contributed by atoms with Gasteiger partial charge >= 0.3 is 0 Å². The van der Waals surface area contributed by atoms with Crippen LogP contribution in [0.5, 0.6) is 5.75 Å². The Labute approximate surface area is 104 Å². The van der Waals surface area contributed by atoms with Crippen LogP contribution in [0.3, 0.4) is 0 Å². The van der Waals surface area contributed by atoms with Crippen LogP contribution in [0.2, 0.25) is 0 Å². The van der Waals surface area contributed by atoms with E-state index in [1.165, 1.54) is 11.1 Å². The van der Waals surface area contributed by atoms with Crippen molar-refractivity contribution in [1.82, 2.24) is 4.90 Å². The van der Waals surface area contributed by atoms with E-state index in [1.54, 1.807) is 0 Å². The maximum absolute atomic E-state index is 5.93. The fraction of sp³-hybridized carbons (Fsp3) is 0.571. The van der Waals surface area contributed by atoms with Crippen LogP contribution in [0.4, 0.5) is 0 Å². The van der Waals surface area contributed by atoms with E-state index in [0.29, 0.717) is 12.6 Å². The van der Waals surface area contributed by atoms with Crippen LogP contribution in [-0.2, 0) is 6.42 Å². The van der Waals surface area contributed by atoms with Crippen LogP contribution in [0.15, 0.2) is 18.2 Å². The number of nitrogens with two attached hydrogens (primary N) is 1. The van der Waals surface area contributed by atoms with E-state index >= 15 is 0 Å². The van der Waals surface area contributed by atoms with Crippen molar-refractivity contribution >= 4 is 0 Å². The van der Waals surface area contributed by atoms with Gasteiger partial charge in [-0.25, -0.2) is 0 Å². The number of benzene rings is 1. The summed E-state index contributed by atoms with van der Waals surface area (Å²) in [7, 11) is 0. The Hall–Kier alpha value is -1.06. The molecule has 0 aliphatic carbocycles. The van der Waals surface area contributed by atoms with Crippen LogP contribution >= 0.6 is 0 Å². The smallest absolute Gasteiger partial charge is 0.122 e. The lowest BCUT2D eigenvalue weighted by atomic mass is 10.0. The third-order valence-corrected chi connectivity index (χ3v) is 3.57. The molecule has 0 bridgehead atoms. The van der Waals surface area contributed by atoms with E-state index in [1.807, 2.05) is 0 Å². The molecule has 2 rings (SSSR count). The summed E-state index contributed by atoms with van der Waals surface area (Å²) in [6, 6.07) is 6.83. The molecule has 0 amide bonds. The van der Waals surface area contributed by atoms with Gasteiger partial charge in [-0.05, 0) is 30.3 Å². The Balaban J connectivity index is 2.25. The van der Waals surface area contributed by atoms with Gasteiger partial charge in [0, 0.05) is 19.0 Å². The zero-order chi connectivity index (χ0) is 12.3. The van der Waals surface area contributed by atoms with Gasteiger partial charge in [0.25, 0.3) is 0 Å². The molecule has 0 aromatic heterocycles. The summed E-state index contributed by atoms with van der Waals surface area (Å²) >= 11 is 0. The first kappa shape index (κ1) is 12.4. The average molecular weight is 234 g/mol. The fourth-order valence-electron chi connectivity index (χ4n) is 2.57. The molecule has 1 aromatic rings. The summed E-state index contributed by atoms with van der Waals surface area (Å²) in [5.41, 5.74) is 8.58. The number of nitrogens with zero attached hydrogens (tertiary/aromatic N) is 1. The van der Waals surface area contributed by atoms with Crippen molar-refractivity contribution in [3.05, 3.63) is 29.3 Å². The first-order valence-electron chi connectivity index (χ1n) is 6.49. The number of hydrogen-bond acceptors (Lipinski definition) is 3. The molecule has 1 atom stereocenters. The molecule has 3 nitrogen and oxygen atoms in total. The molecule has 0 unspecified atom stereocenters. The molecule has 1 heterocycles. The van der Waals surface area contributed by atoms with Crippen molar-refractivity contribution < 1.29 is 4.74 Å². The van der Waals surface area contributed by atoms with E-state index in [4.69, 9.17) is 10.5 Å². The maximum Gasteiger partial charge on any atom is 0.122 e. The zero-order valence-corrected chi connectivity index (χ0v) is 10.8. The standard InChI is InChI=1S/C14H22N2O/c1-3-16(4-2)13(10-15)11-5-6-14-12(9-11)7-8-17-14/h5-6,9,13H,3-4,7-8,10,15H2,1-2H3/t13-/m0/s1. The third kappa shape index (κ3) is 2.45. The van der Waals surface area contributed by atoms with Crippen LogP contribution in [-0.4, -0.2) is 31.1 Å². The summed E-state index contributed by atoms with van der Waals surface area (Å²) in [6.45, 7) is 7.92. The van der Waals surface area contributed by atoms with Crippen molar-refractivity contribution in [2.45, 2.75) is 26.3 Å². The zero-order valence-electron chi connectivity index (χ0n) is 10.8. The van der Waals surface area contributed by atoms with Crippen LogP contribution < -0.4 is 10.5 Å². The molecule has 3 heteroatoms. The molecular formula is C14H22N2O. The van der Waals surface area contributed by atoms with Gasteiger partial charge in [0.05, 0.1) is 6.61 Å². The molecule has 2 N–H and O–H groups in total. The molecule has 1 aliphatic rings. The lowest BCUT2D eigenvalue weighted by Crippen LogP contribution is -2.33. The quantitative estimate of drug-likeness (QED) is 0.846. The van der Waals surface area contributed by atoms with Gasteiger partial charge in [-0.1, -0.05) is 26.0 Å². The van der Waals surface area contributed by atoms with Gasteiger partial charge in [0.1, 0.15) is 5.75 Å². The number of hydrogen-bond donors (Lipinski definition) is 1. The molecule has 0 fully saturated rings. The minimum Gasteiger partial charge on any atom is -0.493 e. The van der Waals surface area contributed by atoms with Crippen molar-refractivity contribution in [3.8, 4) is 5.75 Å². The summed E-state index contributed by atoms with van der Waals surface area (Å²) in [4.78, 5) is 2.40. The Bertz CT molecular complexity index is 374. The second-order valence-electron chi connectivity index (χ2n) is 4.44. The SMILES string of the molecule is CCN(CC)[C@@H](CN)c1ccc2c(c1)CCO2. The highest BCUT2D eigenvalue weighted by Crippen LogP contribution is 2.29. The monoisotopic (exact) mass is 234 g/mol. The van der Waals surface area contributed by atoms with Gasteiger partial charge in [-0.2, -0.15) is 0 Å². The van der Waals surface area contributed by atoms with E-state index in [-0.39, 0.29) is 0 Å². The molecule has 17 heavy (non-hydrogen) atoms. The predicted octanol–water partition coefficient (Wildman–Crippen LogP) is 1.96. The summed E-state index contributed by atoms with van der Waals surface area (Å²) in [5, 5.41) is 0. The van der Waals surface area contributed by atoms with Crippen LogP contribution in [0, 0.1) is 0 Å². The first-order chi connectivity index (χ1) is 8.30. The Morgan fingerprint density at radius 2 is 2.12 bits per heavy atom. The lowest BCUT2D eigenvalue weighted by Gasteiger charge is -2.29. The number of ether oxygens (including phenoxy) is 1. The molecule has 0 saturated heterocycles. The van der Waals surface area contributed by atoms with E-state index < -0.39 is 0 Å². The Kier molecular flexibility index (Phi) is 4.02. The lowest BCUT2D eigenvalue weighted by molar-refractivity contribution is 0.224. The highest BCUT2D eigenvalue weighted by molar-refractivity contribution is 5.40. The molecule has 94 valence electrons. The van der Waals surface area contributed by atoms with Crippen molar-refractivity contribution in [1.29, 1.82) is 0 Å². The Morgan fingerprint density at radius 3 is 2.76 bits per heavy atom. The largest absolute Gasteiger partial charge is 0.493 e. The van der Waals surface area contributed by atoms with E-state index in [2.05, 4.69) is 36.9 Å². The topological polar surface area (TPSA) is 38.5 Å². The highest BCUT2D eigenvalue weighted by atomic mass is 16.5. The summed E-state index contributed by atoms with van der Waals surface area (Å²) in [6.07, 6.45) is 1.03. The van der Waals surface area contributed by atoms with Crippen molar-refractivity contribution in [2.75, 3.05) is 26.2 Å². The average Bonchev–Trinajstić information content (AvgIpc) is 2.82. The van der Waals surface area contributed by atoms with Gasteiger partial charge in [-0.15, -0.1) is 0 Å². The van der Waals surface area contributed by atoms with Crippen LogP contribution in [0.1, 0.15) is 31.0 Å². The third-order valence-electron chi connectivity index (χ3n) is 3.57. The molecule has 0 spiro atoms. The number of rotatable bonds is 5. The van der Waals surface area contributed by atoms with Gasteiger partial charge in [0.2, 0.25) is 0 Å². The van der Waals surface area contributed by atoms with Crippen molar-refractivity contribution in [2.24, 2.45) is 5.73 Å². The molecule has 0 saturated carbocycles. The second-order valence-corrected chi connectivity index (χ2v) is 4.44.